The van der Waals surface area contributed by atoms with Crippen molar-refractivity contribution in [3.8, 4) is 22.3 Å². The van der Waals surface area contributed by atoms with E-state index in [9.17, 15) is 5.11 Å². The van der Waals surface area contributed by atoms with Crippen LogP contribution in [-0.2, 0) is 0 Å². The van der Waals surface area contributed by atoms with Crippen LogP contribution in [-0.4, -0.2) is 5.11 Å². The van der Waals surface area contributed by atoms with Gasteiger partial charge in [-0.05, 0) is 54.2 Å². The largest absolute Gasteiger partial charge is 0.388 e. The van der Waals surface area contributed by atoms with Gasteiger partial charge < -0.3 is 5.11 Å². The van der Waals surface area contributed by atoms with Crippen LogP contribution in [0.5, 0.6) is 0 Å². The summed E-state index contributed by atoms with van der Waals surface area (Å²) in [6, 6.07) is 23.4. The molecule has 3 rings (SSSR count). The van der Waals surface area contributed by atoms with Gasteiger partial charge in [-0.2, -0.15) is 0 Å². The van der Waals surface area contributed by atoms with Crippen LogP contribution in [0.2, 0.25) is 0 Å². The van der Waals surface area contributed by atoms with Gasteiger partial charge in [0.15, 0.2) is 0 Å². The topological polar surface area (TPSA) is 20.2 Å². The average molecular weight is 316 g/mol. The quantitative estimate of drug-likeness (QED) is 0.618. The van der Waals surface area contributed by atoms with Crippen LogP contribution in [0.3, 0.4) is 0 Å². The molecule has 24 heavy (non-hydrogen) atoms. The van der Waals surface area contributed by atoms with E-state index in [1.807, 2.05) is 6.92 Å². The summed E-state index contributed by atoms with van der Waals surface area (Å²) in [6.07, 6.45) is 0.252. The molecule has 122 valence electrons. The Kier molecular flexibility index (Phi) is 4.82. The van der Waals surface area contributed by atoms with E-state index in [2.05, 4.69) is 80.6 Å². The number of aliphatic hydroxyl groups is 1. The highest BCUT2D eigenvalue weighted by Crippen LogP contribution is 2.34. The van der Waals surface area contributed by atoms with Crippen molar-refractivity contribution in [2.45, 2.75) is 33.3 Å². The molecule has 0 aliphatic heterocycles. The Balaban J connectivity index is 2.10. The summed E-state index contributed by atoms with van der Waals surface area (Å²) in [4.78, 5) is 0. The first-order chi connectivity index (χ1) is 11.6. The minimum Gasteiger partial charge on any atom is -0.388 e. The normalized spacial score (nSPS) is 12.2. The lowest BCUT2D eigenvalue weighted by molar-refractivity contribution is 0.174. The third-order valence-corrected chi connectivity index (χ3v) is 4.54. The van der Waals surface area contributed by atoms with Crippen molar-refractivity contribution >= 4 is 0 Å². The average Bonchev–Trinajstić information content (AvgIpc) is 2.62. The van der Waals surface area contributed by atoms with E-state index in [4.69, 9.17) is 0 Å². The number of aliphatic hydroxyl groups excluding tert-OH is 1. The Morgan fingerprint density at radius 2 is 1.21 bits per heavy atom. The van der Waals surface area contributed by atoms with Crippen molar-refractivity contribution in [1.82, 2.24) is 0 Å². The predicted octanol–water partition coefficient (Wildman–Crippen LogP) is 6.08. The van der Waals surface area contributed by atoms with Crippen molar-refractivity contribution in [1.29, 1.82) is 0 Å². The van der Waals surface area contributed by atoms with Crippen molar-refractivity contribution in [3.63, 3.8) is 0 Å². The van der Waals surface area contributed by atoms with E-state index in [1.54, 1.807) is 0 Å². The molecule has 0 aliphatic carbocycles. The zero-order valence-corrected chi connectivity index (χ0v) is 14.6. The molecule has 0 aliphatic rings. The van der Waals surface area contributed by atoms with E-state index in [0.717, 1.165) is 22.3 Å². The van der Waals surface area contributed by atoms with E-state index >= 15 is 0 Å². The van der Waals surface area contributed by atoms with Gasteiger partial charge in [-0.1, -0.05) is 78.7 Å². The fourth-order valence-electron chi connectivity index (χ4n) is 2.98. The fraction of sp³-hybridized carbons (Fsp3) is 0.217. The molecule has 3 aromatic rings. The maximum Gasteiger partial charge on any atom is 0.0793 e. The fourth-order valence-corrected chi connectivity index (χ4v) is 2.98. The summed E-state index contributed by atoms with van der Waals surface area (Å²) >= 11 is 0. The van der Waals surface area contributed by atoms with Crippen molar-refractivity contribution in [2.24, 2.45) is 0 Å². The first-order valence-corrected chi connectivity index (χ1v) is 8.54. The molecule has 0 unspecified atom stereocenters. The van der Waals surface area contributed by atoms with Crippen molar-refractivity contribution in [2.75, 3.05) is 0 Å². The highest BCUT2D eigenvalue weighted by atomic mass is 16.3. The molecule has 0 saturated heterocycles. The van der Waals surface area contributed by atoms with Gasteiger partial charge >= 0.3 is 0 Å². The van der Waals surface area contributed by atoms with Crippen molar-refractivity contribution < 1.29 is 5.11 Å². The lowest BCUT2D eigenvalue weighted by Crippen LogP contribution is -1.99. The predicted molar refractivity (Wildman–Crippen MR) is 102 cm³/mol. The van der Waals surface area contributed by atoms with Gasteiger partial charge in [-0.25, -0.2) is 0 Å². The molecule has 1 atom stereocenters. The van der Waals surface area contributed by atoms with Crippen LogP contribution in [0.1, 0.15) is 36.1 Å². The second-order valence-corrected chi connectivity index (χ2v) is 6.46. The van der Waals surface area contributed by atoms with Gasteiger partial charge in [0.2, 0.25) is 0 Å². The Bertz CT molecular complexity index is 814. The number of hydrogen-bond donors (Lipinski definition) is 1. The molecule has 0 bridgehead atoms. The maximum atomic E-state index is 10.5. The first-order valence-electron chi connectivity index (χ1n) is 8.54. The van der Waals surface area contributed by atoms with E-state index in [-0.39, 0.29) is 0 Å². The summed E-state index contributed by atoms with van der Waals surface area (Å²) < 4.78 is 0. The molecule has 3 aromatic carbocycles. The molecule has 0 spiro atoms. The molecular formula is C23H24O. The summed E-state index contributed by atoms with van der Waals surface area (Å²) in [5.74, 6) is 0. The molecule has 1 heteroatoms. The molecule has 0 aromatic heterocycles. The Hall–Kier alpha value is -2.38. The minimum absolute atomic E-state index is 0.452. The molecule has 1 nitrogen and oxygen atoms in total. The molecule has 0 amide bonds. The number of rotatable bonds is 4. The van der Waals surface area contributed by atoms with Gasteiger partial charge in [0.1, 0.15) is 0 Å². The summed E-state index contributed by atoms with van der Waals surface area (Å²) in [6.45, 7) is 6.20. The highest BCUT2D eigenvalue weighted by Gasteiger charge is 2.13. The zero-order chi connectivity index (χ0) is 17.1. The van der Waals surface area contributed by atoms with Gasteiger partial charge in [-0.3, -0.25) is 0 Å². The lowest BCUT2D eigenvalue weighted by Gasteiger charge is -2.17. The van der Waals surface area contributed by atoms with E-state index < -0.39 is 6.10 Å². The Labute approximate surface area is 144 Å². The smallest absolute Gasteiger partial charge is 0.0793 e. The van der Waals surface area contributed by atoms with Gasteiger partial charge in [-0.15, -0.1) is 0 Å². The molecule has 0 saturated carbocycles. The monoisotopic (exact) mass is 316 g/mol. The summed E-state index contributed by atoms with van der Waals surface area (Å²) in [7, 11) is 0. The summed E-state index contributed by atoms with van der Waals surface area (Å²) in [5, 5.41) is 10.5. The zero-order valence-electron chi connectivity index (χ0n) is 14.6. The number of aryl methyl sites for hydroxylation is 2. The van der Waals surface area contributed by atoms with Crippen LogP contribution in [0.4, 0.5) is 0 Å². The van der Waals surface area contributed by atoms with Gasteiger partial charge in [0, 0.05) is 0 Å². The Morgan fingerprint density at radius 3 is 1.75 bits per heavy atom. The lowest BCUT2D eigenvalue weighted by atomic mass is 9.91. The second kappa shape index (κ2) is 7.02. The van der Waals surface area contributed by atoms with Crippen LogP contribution >= 0.6 is 0 Å². The van der Waals surface area contributed by atoms with Crippen LogP contribution < -0.4 is 0 Å². The molecule has 0 heterocycles. The summed E-state index contributed by atoms with van der Waals surface area (Å²) in [5.41, 5.74) is 8.09. The number of benzene rings is 3. The second-order valence-electron chi connectivity index (χ2n) is 6.46. The Morgan fingerprint density at radius 1 is 0.708 bits per heavy atom. The van der Waals surface area contributed by atoms with E-state index in [1.165, 1.54) is 16.7 Å². The van der Waals surface area contributed by atoms with Crippen LogP contribution in [0.15, 0.2) is 66.7 Å². The minimum atomic E-state index is -0.452. The molecule has 0 radical (unpaired) electrons. The van der Waals surface area contributed by atoms with Gasteiger partial charge in [0.05, 0.1) is 6.10 Å². The molecule has 1 N–H and O–H groups in total. The van der Waals surface area contributed by atoms with E-state index in [0.29, 0.717) is 6.42 Å². The maximum absolute atomic E-state index is 10.5. The van der Waals surface area contributed by atoms with Gasteiger partial charge in [0.25, 0.3) is 0 Å². The third-order valence-electron chi connectivity index (χ3n) is 4.54. The van der Waals surface area contributed by atoms with Crippen LogP contribution in [0, 0.1) is 13.8 Å². The number of hydrogen-bond acceptors (Lipinski definition) is 1. The third kappa shape index (κ3) is 3.42. The standard InChI is InChI=1S/C23H24O/c1-4-23(24)22-15-20(18-9-5-16(2)6-10-18)13-14-21(22)19-11-7-17(3)8-12-19/h5-15,23-24H,4H2,1-3H3/t23-/m0/s1. The highest BCUT2D eigenvalue weighted by molar-refractivity contribution is 5.74. The SMILES string of the molecule is CC[C@H](O)c1cc(-c2ccc(C)cc2)ccc1-c1ccc(C)cc1. The van der Waals surface area contributed by atoms with Crippen LogP contribution in [0.25, 0.3) is 22.3 Å². The molecular weight excluding hydrogens is 292 g/mol. The molecule has 0 fully saturated rings. The first kappa shape index (κ1) is 16.5. The van der Waals surface area contributed by atoms with Crippen molar-refractivity contribution in [3.05, 3.63) is 83.4 Å².